The SMILES string of the molecule is CC(=O)c1ccc(Nc2ccc(C(=O)Nc3ccccc3OC(C)C)nc2)cc1. The zero-order valence-corrected chi connectivity index (χ0v) is 16.6. The minimum Gasteiger partial charge on any atom is -0.489 e. The van der Waals surface area contributed by atoms with Gasteiger partial charge in [0.15, 0.2) is 5.78 Å². The third-order valence-electron chi connectivity index (χ3n) is 4.07. The Kier molecular flexibility index (Phi) is 6.24. The van der Waals surface area contributed by atoms with E-state index in [0.717, 1.165) is 11.4 Å². The molecule has 6 heteroatoms. The number of ketones is 1. The molecule has 0 atom stereocenters. The molecule has 2 aromatic carbocycles. The van der Waals surface area contributed by atoms with Crippen LogP contribution in [0.3, 0.4) is 0 Å². The van der Waals surface area contributed by atoms with Gasteiger partial charge in [0.1, 0.15) is 11.4 Å². The third-order valence-corrected chi connectivity index (χ3v) is 4.07. The second-order valence-electron chi connectivity index (χ2n) is 6.81. The quantitative estimate of drug-likeness (QED) is 0.552. The van der Waals surface area contributed by atoms with E-state index in [1.807, 2.05) is 44.2 Å². The number of carbonyl (C=O) groups is 2. The minimum atomic E-state index is -0.317. The second kappa shape index (κ2) is 9.01. The van der Waals surface area contributed by atoms with Crippen molar-refractivity contribution in [3.05, 3.63) is 78.1 Å². The maximum atomic E-state index is 12.5. The minimum absolute atomic E-state index is 0.000970. The molecule has 0 aliphatic heterocycles. The summed E-state index contributed by atoms with van der Waals surface area (Å²) in [5.41, 5.74) is 3.11. The number of Topliss-reactive ketones (excluding diaryl/α,β-unsaturated/α-hetero) is 1. The molecule has 0 saturated heterocycles. The maximum Gasteiger partial charge on any atom is 0.274 e. The predicted molar refractivity (Wildman–Crippen MR) is 114 cm³/mol. The summed E-state index contributed by atoms with van der Waals surface area (Å²) in [7, 11) is 0. The zero-order chi connectivity index (χ0) is 20.8. The molecule has 0 spiro atoms. The first-order chi connectivity index (χ1) is 13.9. The number of benzene rings is 2. The Morgan fingerprint density at radius 3 is 2.24 bits per heavy atom. The number of carbonyl (C=O) groups excluding carboxylic acids is 2. The van der Waals surface area contributed by atoms with E-state index in [1.54, 1.807) is 36.5 Å². The highest BCUT2D eigenvalue weighted by molar-refractivity contribution is 6.03. The molecule has 29 heavy (non-hydrogen) atoms. The van der Waals surface area contributed by atoms with Crippen LogP contribution in [-0.2, 0) is 0 Å². The molecule has 0 fully saturated rings. The number of nitrogens with one attached hydrogen (secondary N) is 2. The van der Waals surface area contributed by atoms with Gasteiger partial charge in [-0.05, 0) is 69.3 Å². The molecule has 6 nitrogen and oxygen atoms in total. The summed E-state index contributed by atoms with van der Waals surface area (Å²) in [6.45, 7) is 5.39. The van der Waals surface area contributed by atoms with E-state index in [-0.39, 0.29) is 17.8 Å². The zero-order valence-electron chi connectivity index (χ0n) is 16.6. The Morgan fingerprint density at radius 1 is 0.931 bits per heavy atom. The van der Waals surface area contributed by atoms with Gasteiger partial charge in [-0.25, -0.2) is 4.98 Å². The number of pyridine rings is 1. The van der Waals surface area contributed by atoms with Crippen molar-refractivity contribution < 1.29 is 14.3 Å². The van der Waals surface area contributed by atoms with Crippen molar-refractivity contribution in [3.63, 3.8) is 0 Å². The normalized spacial score (nSPS) is 10.5. The molecule has 2 N–H and O–H groups in total. The molecule has 1 amide bonds. The number of rotatable bonds is 7. The molecule has 1 heterocycles. The Bertz CT molecular complexity index is 997. The van der Waals surface area contributed by atoms with Gasteiger partial charge in [-0.3, -0.25) is 9.59 Å². The first-order valence-electron chi connectivity index (χ1n) is 9.33. The number of hydrogen-bond donors (Lipinski definition) is 2. The molecule has 0 radical (unpaired) electrons. The van der Waals surface area contributed by atoms with E-state index < -0.39 is 0 Å². The van der Waals surface area contributed by atoms with Gasteiger partial charge < -0.3 is 15.4 Å². The fourth-order valence-corrected chi connectivity index (χ4v) is 2.67. The van der Waals surface area contributed by atoms with E-state index in [1.165, 1.54) is 6.92 Å². The van der Waals surface area contributed by atoms with Crippen molar-refractivity contribution in [1.29, 1.82) is 0 Å². The molecule has 148 valence electrons. The van der Waals surface area contributed by atoms with Crippen molar-refractivity contribution in [3.8, 4) is 5.75 Å². The van der Waals surface area contributed by atoms with Gasteiger partial charge >= 0.3 is 0 Å². The number of ether oxygens (including phenoxy) is 1. The number of amides is 1. The van der Waals surface area contributed by atoms with Crippen molar-refractivity contribution in [2.24, 2.45) is 0 Å². The summed E-state index contributed by atoms with van der Waals surface area (Å²) >= 11 is 0. The van der Waals surface area contributed by atoms with E-state index in [0.29, 0.717) is 22.7 Å². The van der Waals surface area contributed by atoms with Crippen LogP contribution in [0.1, 0.15) is 41.6 Å². The summed E-state index contributed by atoms with van der Waals surface area (Å²) < 4.78 is 5.72. The van der Waals surface area contributed by atoms with E-state index in [4.69, 9.17) is 4.74 Å². The lowest BCUT2D eigenvalue weighted by atomic mass is 10.1. The van der Waals surface area contributed by atoms with Crippen LogP contribution in [0.25, 0.3) is 0 Å². The van der Waals surface area contributed by atoms with Crippen LogP contribution in [0.5, 0.6) is 5.75 Å². The van der Waals surface area contributed by atoms with Crippen LogP contribution in [-0.4, -0.2) is 22.8 Å². The highest BCUT2D eigenvalue weighted by Gasteiger charge is 2.12. The predicted octanol–water partition coefficient (Wildman–Crippen LogP) is 5.07. The summed E-state index contributed by atoms with van der Waals surface area (Å²) in [5.74, 6) is 0.319. The van der Waals surface area contributed by atoms with Crippen LogP contribution >= 0.6 is 0 Å². The Balaban J connectivity index is 1.67. The van der Waals surface area contributed by atoms with Crippen molar-refractivity contribution in [1.82, 2.24) is 4.98 Å². The van der Waals surface area contributed by atoms with Gasteiger partial charge in [0.05, 0.1) is 23.7 Å². The van der Waals surface area contributed by atoms with Gasteiger partial charge in [0.2, 0.25) is 0 Å². The van der Waals surface area contributed by atoms with E-state index in [2.05, 4.69) is 15.6 Å². The van der Waals surface area contributed by atoms with Gasteiger partial charge in [0.25, 0.3) is 5.91 Å². The highest BCUT2D eigenvalue weighted by atomic mass is 16.5. The summed E-state index contributed by atoms with van der Waals surface area (Å²) in [4.78, 5) is 28.1. The molecule has 3 aromatic rings. The molecule has 0 bridgehead atoms. The average Bonchev–Trinajstić information content (AvgIpc) is 2.70. The van der Waals surface area contributed by atoms with Gasteiger partial charge in [-0.1, -0.05) is 12.1 Å². The highest BCUT2D eigenvalue weighted by Crippen LogP contribution is 2.25. The van der Waals surface area contributed by atoms with Crippen LogP contribution in [0.4, 0.5) is 17.1 Å². The largest absolute Gasteiger partial charge is 0.489 e. The van der Waals surface area contributed by atoms with Gasteiger partial charge in [0, 0.05) is 11.3 Å². The maximum absolute atomic E-state index is 12.5. The lowest BCUT2D eigenvalue weighted by molar-refractivity contribution is 0.101. The number of para-hydroxylation sites is 2. The van der Waals surface area contributed by atoms with Gasteiger partial charge in [-0.15, -0.1) is 0 Å². The van der Waals surface area contributed by atoms with Crippen LogP contribution in [0.2, 0.25) is 0 Å². The molecule has 3 rings (SSSR count). The molecule has 0 aliphatic rings. The molecule has 1 aromatic heterocycles. The third kappa shape index (κ3) is 5.42. The van der Waals surface area contributed by atoms with Gasteiger partial charge in [-0.2, -0.15) is 0 Å². The number of nitrogens with zero attached hydrogens (tertiary/aromatic N) is 1. The molecule has 0 unspecified atom stereocenters. The summed E-state index contributed by atoms with van der Waals surface area (Å²) in [6, 6.07) is 17.9. The summed E-state index contributed by atoms with van der Waals surface area (Å²) in [6.07, 6.45) is 1.59. The first kappa shape index (κ1) is 20.1. The second-order valence-corrected chi connectivity index (χ2v) is 6.81. The van der Waals surface area contributed by atoms with E-state index in [9.17, 15) is 9.59 Å². The number of aromatic nitrogens is 1. The van der Waals surface area contributed by atoms with E-state index >= 15 is 0 Å². The first-order valence-corrected chi connectivity index (χ1v) is 9.33. The smallest absolute Gasteiger partial charge is 0.274 e. The molecular weight excluding hydrogens is 366 g/mol. The summed E-state index contributed by atoms with van der Waals surface area (Å²) in [5, 5.41) is 6.03. The monoisotopic (exact) mass is 389 g/mol. The van der Waals surface area contributed by atoms with Crippen LogP contribution < -0.4 is 15.4 Å². The number of hydrogen-bond acceptors (Lipinski definition) is 5. The number of anilines is 3. The molecular formula is C23H23N3O3. The topological polar surface area (TPSA) is 80.3 Å². The Labute approximate surface area is 169 Å². The fraction of sp³-hybridized carbons (Fsp3) is 0.174. The van der Waals surface area contributed by atoms with Crippen LogP contribution in [0, 0.1) is 0 Å². The lowest BCUT2D eigenvalue weighted by Crippen LogP contribution is -2.15. The Hall–Kier alpha value is -3.67. The average molecular weight is 389 g/mol. The van der Waals surface area contributed by atoms with Crippen LogP contribution in [0.15, 0.2) is 66.9 Å². The van der Waals surface area contributed by atoms with Crippen molar-refractivity contribution in [2.75, 3.05) is 10.6 Å². The molecule has 0 aliphatic carbocycles. The van der Waals surface area contributed by atoms with Crippen molar-refractivity contribution >= 4 is 28.8 Å². The Morgan fingerprint density at radius 2 is 1.62 bits per heavy atom. The molecule has 0 saturated carbocycles. The van der Waals surface area contributed by atoms with Crippen molar-refractivity contribution in [2.45, 2.75) is 26.9 Å². The fourth-order valence-electron chi connectivity index (χ4n) is 2.67. The standard InChI is InChI=1S/C23H23N3O3/c1-15(2)29-22-7-5-4-6-20(22)26-23(28)21-13-12-19(14-24-21)25-18-10-8-17(9-11-18)16(3)27/h4-15,25H,1-3H3,(H,26,28). The lowest BCUT2D eigenvalue weighted by Gasteiger charge is -2.14.